The van der Waals surface area contributed by atoms with Crippen molar-refractivity contribution in [2.75, 3.05) is 20.6 Å². The van der Waals surface area contributed by atoms with Crippen molar-refractivity contribution in [2.45, 2.75) is 6.42 Å². The van der Waals surface area contributed by atoms with Crippen LogP contribution in [0, 0.1) is 0 Å². The summed E-state index contributed by atoms with van der Waals surface area (Å²) in [5, 5.41) is 10.4. The maximum Gasteiger partial charge on any atom is 0.190 e. The van der Waals surface area contributed by atoms with E-state index in [0.29, 0.717) is 0 Å². The number of benzene rings is 1. The lowest BCUT2D eigenvalue weighted by molar-refractivity contribution is 0.831. The van der Waals surface area contributed by atoms with E-state index in [4.69, 9.17) is 0 Å². The summed E-state index contributed by atoms with van der Waals surface area (Å²) in [6.07, 6.45) is 4.68. The van der Waals surface area contributed by atoms with E-state index < -0.39 is 0 Å². The van der Waals surface area contributed by atoms with E-state index in [9.17, 15) is 0 Å². The Morgan fingerprint density at radius 2 is 2.05 bits per heavy atom. The third-order valence-corrected chi connectivity index (χ3v) is 2.87. The van der Waals surface area contributed by atoms with Crippen LogP contribution in [0.5, 0.6) is 0 Å². The summed E-state index contributed by atoms with van der Waals surface area (Å²) in [5.74, 6) is 0.813. The lowest BCUT2D eigenvalue weighted by Gasteiger charge is -2.08. The minimum absolute atomic E-state index is 0. The number of guanidine groups is 1. The van der Waals surface area contributed by atoms with Crippen molar-refractivity contribution in [1.29, 1.82) is 0 Å². The van der Waals surface area contributed by atoms with Crippen molar-refractivity contribution in [3.05, 3.63) is 48.3 Å². The first kappa shape index (κ1) is 16.5. The molecular formula is C14H20IN5. The zero-order valence-electron chi connectivity index (χ0n) is 11.7. The number of rotatable bonds is 4. The predicted octanol–water partition coefficient (Wildman–Crippen LogP) is 1.83. The predicted molar refractivity (Wildman–Crippen MR) is 93.1 cm³/mol. The number of nitrogens with zero attached hydrogens (tertiary/aromatic N) is 3. The molecule has 1 aromatic carbocycles. The maximum absolute atomic E-state index is 4.20. The lowest BCUT2D eigenvalue weighted by atomic mass is 10.1. The summed E-state index contributed by atoms with van der Waals surface area (Å²) in [5.41, 5.74) is 2.36. The van der Waals surface area contributed by atoms with E-state index in [2.05, 4.69) is 45.0 Å². The first-order chi connectivity index (χ1) is 9.33. The highest BCUT2D eigenvalue weighted by Crippen LogP contribution is 2.08. The van der Waals surface area contributed by atoms with Crippen molar-refractivity contribution in [2.24, 2.45) is 4.99 Å². The van der Waals surface area contributed by atoms with Gasteiger partial charge < -0.3 is 10.6 Å². The van der Waals surface area contributed by atoms with Gasteiger partial charge in [0.05, 0.1) is 5.69 Å². The second-order valence-electron chi connectivity index (χ2n) is 4.12. The van der Waals surface area contributed by atoms with Crippen LogP contribution in [0.4, 0.5) is 0 Å². The second-order valence-corrected chi connectivity index (χ2v) is 4.12. The van der Waals surface area contributed by atoms with Crippen LogP contribution in [-0.2, 0) is 6.42 Å². The summed E-state index contributed by atoms with van der Waals surface area (Å²) in [6.45, 7) is 0.856. The van der Waals surface area contributed by atoms with Crippen molar-refractivity contribution in [1.82, 2.24) is 20.4 Å². The molecule has 108 valence electrons. The minimum atomic E-state index is 0. The van der Waals surface area contributed by atoms with Crippen molar-refractivity contribution in [3.8, 4) is 5.69 Å². The van der Waals surface area contributed by atoms with Gasteiger partial charge >= 0.3 is 0 Å². The van der Waals surface area contributed by atoms with Crippen LogP contribution in [0.15, 0.2) is 47.7 Å². The van der Waals surface area contributed by atoms with Gasteiger partial charge in [0.1, 0.15) is 0 Å². The molecule has 0 atom stereocenters. The van der Waals surface area contributed by atoms with Crippen LogP contribution in [0.25, 0.3) is 5.69 Å². The van der Waals surface area contributed by atoms with Gasteiger partial charge in [0, 0.05) is 33.0 Å². The van der Waals surface area contributed by atoms with Crippen LogP contribution in [0.3, 0.4) is 0 Å². The Bertz CT molecular complexity index is 519. The summed E-state index contributed by atoms with van der Waals surface area (Å²) < 4.78 is 1.85. The Morgan fingerprint density at radius 1 is 1.30 bits per heavy atom. The van der Waals surface area contributed by atoms with Crippen molar-refractivity contribution in [3.63, 3.8) is 0 Å². The summed E-state index contributed by atoms with van der Waals surface area (Å²) in [4.78, 5) is 4.07. The van der Waals surface area contributed by atoms with Crippen LogP contribution >= 0.6 is 24.0 Å². The van der Waals surface area contributed by atoms with E-state index in [0.717, 1.165) is 24.6 Å². The van der Waals surface area contributed by atoms with Crippen LogP contribution in [-0.4, -0.2) is 36.4 Å². The third-order valence-electron chi connectivity index (χ3n) is 2.87. The van der Waals surface area contributed by atoms with Gasteiger partial charge in [-0.15, -0.1) is 24.0 Å². The molecule has 0 aliphatic rings. The van der Waals surface area contributed by atoms with E-state index >= 15 is 0 Å². The number of halogens is 1. The van der Waals surface area contributed by atoms with Gasteiger partial charge in [0.25, 0.3) is 0 Å². The summed E-state index contributed by atoms with van der Waals surface area (Å²) in [7, 11) is 3.62. The Hall–Kier alpha value is -1.57. The Balaban J connectivity index is 0.00000200. The van der Waals surface area contributed by atoms with Crippen LogP contribution in [0.1, 0.15) is 5.56 Å². The number of nitrogens with one attached hydrogen (secondary N) is 2. The summed E-state index contributed by atoms with van der Waals surface area (Å²) >= 11 is 0. The van der Waals surface area contributed by atoms with Crippen LogP contribution in [0.2, 0.25) is 0 Å². The van der Waals surface area contributed by atoms with Gasteiger partial charge in [-0.2, -0.15) is 5.10 Å². The molecule has 0 amide bonds. The first-order valence-electron chi connectivity index (χ1n) is 6.31. The maximum atomic E-state index is 4.20. The lowest BCUT2D eigenvalue weighted by Crippen LogP contribution is -2.35. The Morgan fingerprint density at radius 3 is 2.60 bits per heavy atom. The van der Waals surface area contributed by atoms with Gasteiger partial charge in [-0.3, -0.25) is 4.99 Å². The molecule has 1 aromatic heterocycles. The molecule has 1 heterocycles. The summed E-state index contributed by atoms with van der Waals surface area (Å²) in [6, 6.07) is 10.3. The van der Waals surface area contributed by atoms with Crippen molar-refractivity contribution < 1.29 is 0 Å². The number of hydrogen-bond acceptors (Lipinski definition) is 2. The molecule has 2 rings (SSSR count). The highest BCUT2D eigenvalue weighted by molar-refractivity contribution is 14.0. The molecule has 0 unspecified atom stereocenters. The molecule has 0 bridgehead atoms. The topological polar surface area (TPSA) is 54.2 Å². The highest BCUT2D eigenvalue weighted by atomic mass is 127. The molecule has 0 spiro atoms. The normalized spacial score (nSPS) is 10.8. The molecule has 0 fully saturated rings. The monoisotopic (exact) mass is 385 g/mol. The van der Waals surface area contributed by atoms with Crippen molar-refractivity contribution >= 4 is 29.9 Å². The van der Waals surface area contributed by atoms with E-state index in [1.807, 2.05) is 24.0 Å². The van der Waals surface area contributed by atoms with E-state index in [1.165, 1.54) is 5.56 Å². The molecule has 0 aliphatic carbocycles. The second kappa shape index (κ2) is 8.57. The molecule has 2 N–H and O–H groups in total. The first-order valence-corrected chi connectivity index (χ1v) is 6.31. The third kappa shape index (κ3) is 4.52. The SMILES string of the molecule is CN=C(NC)NCCc1ccc(-n2cccn2)cc1.I. The zero-order valence-corrected chi connectivity index (χ0v) is 14.0. The highest BCUT2D eigenvalue weighted by Gasteiger charge is 1.98. The average Bonchev–Trinajstić information content (AvgIpc) is 2.98. The molecule has 6 heteroatoms. The molecule has 0 radical (unpaired) electrons. The van der Waals surface area contributed by atoms with Crippen LogP contribution < -0.4 is 10.6 Å². The molecule has 2 aromatic rings. The molecule has 0 aliphatic heterocycles. The fourth-order valence-electron chi connectivity index (χ4n) is 1.84. The Labute approximate surface area is 136 Å². The standard InChI is InChI=1S/C14H19N5.HI/c1-15-14(16-2)17-10-8-12-4-6-13(7-5-12)19-11-3-9-18-19;/h3-7,9,11H,8,10H2,1-2H3,(H2,15,16,17);1H. The quantitative estimate of drug-likeness (QED) is 0.480. The fourth-order valence-corrected chi connectivity index (χ4v) is 1.84. The van der Waals surface area contributed by atoms with Gasteiger partial charge in [0.15, 0.2) is 5.96 Å². The van der Waals surface area contributed by atoms with E-state index in [1.54, 1.807) is 13.2 Å². The number of hydrogen-bond donors (Lipinski definition) is 2. The van der Waals surface area contributed by atoms with Gasteiger partial charge in [-0.05, 0) is 30.2 Å². The minimum Gasteiger partial charge on any atom is -0.359 e. The molecule has 5 nitrogen and oxygen atoms in total. The van der Waals surface area contributed by atoms with Gasteiger partial charge in [-0.25, -0.2) is 4.68 Å². The molecule has 0 saturated carbocycles. The fraction of sp³-hybridized carbons (Fsp3) is 0.286. The molecule has 20 heavy (non-hydrogen) atoms. The van der Waals surface area contributed by atoms with Gasteiger partial charge in [-0.1, -0.05) is 12.1 Å². The van der Waals surface area contributed by atoms with Gasteiger partial charge in [0.2, 0.25) is 0 Å². The average molecular weight is 385 g/mol. The molecular weight excluding hydrogens is 365 g/mol. The zero-order chi connectivity index (χ0) is 13.5. The van der Waals surface area contributed by atoms with E-state index in [-0.39, 0.29) is 24.0 Å². The number of aliphatic imine (C=N–C) groups is 1. The Kier molecular flexibility index (Phi) is 7.06. The smallest absolute Gasteiger partial charge is 0.190 e. The number of aromatic nitrogens is 2. The largest absolute Gasteiger partial charge is 0.359 e. The molecule has 0 saturated heterocycles.